The lowest BCUT2D eigenvalue weighted by molar-refractivity contribution is 0.160. The van der Waals surface area contributed by atoms with Crippen molar-refractivity contribution in [2.45, 2.75) is 25.0 Å². The molecule has 4 heteroatoms. The van der Waals surface area contributed by atoms with E-state index in [-0.39, 0.29) is 18.0 Å². The van der Waals surface area contributed by atoms with Crippen LogP contribution in [0.3, 0.4) is 0 Å². The third kappa shape index (κ3) is 2.16. The standard InChI is InChI=1S/C17H16FNO2/c18-12-2-3-13-14(19)9-16(21-17(13)8-12)10-1-4-15-11(7-10)5-6-20-15/h1-4,7-8,14,16H,5-6,9,19H2. The second kappa shape index (κ2) is 4.74. The summed E-state index contributed by atoms with van der Waals surface area (Å²) in [6, 6.07) is 10.5. The van der Waals surface area contributed by atoms with E-state index in [4.69, 9.17) is 15.2 Å². The number of hydrogen-bond acceptors (Lipinski definition) is 3. The smallest absolute Gasteiger partial charge is 0.127 e. The minimum Gasteiger partial charge on any atom is -0.493 e. The van der Waals surface area contributed by atoms with Gasteiger partial charge in [0, 0.05) is 30.5 Å². The Morgan fingerprint density at radius 3 is 2.90 bits per heavy atom. The van der Waals surface area contributed by atoms with E-state index in [1.54, 1.807) is 6.07 Å². The van der Waals surface area contributed by atoms with Gasteiger partial charge in [-0.05, 0) is 29.3 Å². The molecule has 0 fully saturated rings. The summed E-state index contributed by atoms with van der Waals surface area (Å²) in [6.07, 6.45) is 1.48. The Morgan fingerprint density at radius 2 is 2.00 bits per heavy atom. The number of fused-ring (bicyclic) bond motifs is 2. The highest BCUT2D eigenvalue weighted by molar-refractivity contribution is 5.43. The molecule has 2 N–H and O–H groups in total. The van der Waals surface area contributed by atoms with Crippen molar-refractivity contribution < 1.29 is 13.9 Å². The zero-order valence-corrected chi connectivity index (χ0v) is 11.5. The van der Waals surface area contributed by atoms with Crippen LogP contribution in [0.1, 0.15) is 35.3 Å². The van der Waals surface area contributed by atoms with Crippen LogP contribution >= 0.6 is 0 Å². The van der Waals surface area contributed by atoms with Crippen molar-refractivity contribution >= 4 is 0 Å². The molecule has 2 atom stereocenters. The van der Waals surface area contributed by atoms with Crippen molar-refractivity contribution in [3.8, 4) is 11.5 Å². The Kier molecular flexibility index (Phi) is 2.86. The van der Waals surface area contributed by atoms with Crippen molar-refractivity contribution in [3.63, 3.8) is 0 Å². The van der Waals surface area contributed by atoms with Crippen LogP contribution in [0.25, 0.3) is 0 Å². The Balaban J connectivity index is 1.68. The number of rotatable bonds is 1. The van der Waals surface area contributed by atoms with E-state index < -0.39 is 0 Å². The lowest BCUT2D eigenvalue weighted by Crippen LogP contribution is -2.24. The average molecular weight is 285 g/mol. The molecule has 21 heavy (non-hydrogen) atoms. The number of halogens is 1. The predicted molar refractivity (Wildman–Crippen MR) is 77.0 cm³/mol. The van der Waals surface area contributed by atoms with E-state index in [9.17, 15) is 4.39 Å². The van der Waals surface area contributed by atoms with Gasteiger partial charge in [0.05, 0.1) is 6.61 Å². The summed E-state index contributed by atoms with van der Waals surface area (Å²) in [5, 5.41) is 0. The van der Waals surface area contributed by atoms with Gasteiger partial charge in [-0.2, -0.15) is 0 Å². The molecule has 2 aliphatic heterocycles. The minimum atomic E-state index is -0.302. The van der Waals surface area contributed by atoms with Crippen LogP contribution in [0.2, 0.25) is 0 Å². The van der Waals surface area contributed by atoms with Crippen LogP contribution in [0.5, 0.6) is 11.5 Å². The zero-order valence-electron chi connectivity index (χ0n) is 11.5. The lowest BCUT2D eigenvalue weighted by Gasteiger charge is -2.30. The third-order valence-corrected chi connectivity index (χ3v) is 4.20. The molecule has 2 heterocycles. The molecule has 0 aromatic heterocycles. The first kappa shape index (κ1) is 12.7. The molecule has 0 saturated carbocycles. The lowest BCUT2D eigenvalue weighted by atomic mass is 9.92. The van der Waals surface area contributed by atoms with Gasteiger partial charge in [0.2, 0.25) is 0 Å². The summed E-state index contributed by atoms with van der Waals surface area (Å²) in [7, 11) is 0. The average Bonchev–Trinajstić information content (AvgIpc) is 2.94. The summed E-state index contributed by atoms with van der Waals surface area (Å²) >= 11 is 0. The maximum Gasteiger partial charge on any atom is 0.127 e. The number of nitrogens with two attached hydrogens (primary N) is 1. The first-order chi connectivity index (χ1) is 10.2. The van der Waals surface area contributed by atoms with Gasteiger partial charge in [0.25, 0.3) is 0 Å². The molecule has 0 spiro atoms. The minimum absolute atomic E-state index is 0.135. The van der Waals surface area contributed by atoms with Gasteiger partial charge < -0.3 is 15.2 Å². The van der Waals surface area contributed by atoms with Gasteiger partial charge >= 0.3 is 0 Å². The van der Waals surface area contributed by atoms with Crippen LogP contribution in [0.4, 0.5) is 4.39 Å². The summed E-state index contributed by atoms with van der Waals surface area (Å²) < 4.78 is 24.9. The molecule has 0 aliphatic carbocycles. The quantitative estimate of drug-likeness (QED) is 0.874. The van der Waals surface area contributed by atoms with E-state index in [1.165, 1.54) is 17.7 Å². The molecule has 2 aliphatic rings. The molecule has 4 rings (SSSR count). The van der Waals surface area contributed by atoms with Crippen LogP contribution in [-0.2, 0) is 6.42 Å². The van der Waals surface area contributed by atoms with Gasteiger partial charge in [-0.25, -0.2) is 4.39 Å². The second-order valence-corrected chi connectivity index (χ2v) is 5.60. The molecule has 0 radical (unpaired) electrons. The van der Waals surface area contributed by atoms with E-state index in [2.05, 4.69) is 6.07 Å². The highest BCUT2D eigenvalue weighted by Gasteiger charge is 2.28. The van der Waals surface area contributed by atoms with Gasteiger partial charge in [-0.15, -0.1) is 0 Å². The number of ether oxygens (including phenoxy) is 2. The van der Waals surface area contributed by atoms with Crippen molar-refractivity contribution in [1.29, 1.82) is 0 Å². The van der Waals surface area contributed by atoms with E-state index in [0.717, 1.165) is 29.9 Å². The van der Waals surface area contributed by atoms with Gasteiger partial charge in [0.1, 0.15) is 23.4 Å². The highest BCUT2D eigenvalue weighted by atomic mass is 19.1. The number of hydrogen-bond donors (Lipinski definition) is 1. The summed E-state index contributed by atoms with van der Waals surface area (Å²) in [5.74, 6) is 1.20. The summed E-state index contributed by atoms with van der Waals surface area (Å²) in [6.45, 7) is 0.734. The maximum atomic E-state index is 13.4. The van der Waals surface area contributed by atoms with Crippen LogP contribution in [0, 0.1) is 5.82 Å². The number of benzene rings is 2. The van der Waals surface area contributed by atoms with Gasteiger partial charge in [-0.1, -0.05) is 12.1 Å². The third-order valence-electron chi connectivity index (χ3n) is 4.20. The Morgan fingerprint density at radius 1 is 1.10 bits per heavy atom. The van der Waals surface area contributed by atoms with Gasteiger partial charge in [0.15, 0.2) is 0 Å². The highest BCUT2D eigenvalue weighted by Crippen LogP contribution is 2.41. The summed E-state index contributed by atoms with van der Waals surface area (Å²) in [5.41, 5.74) is 9.36. The van der Waals surface area contributed by atoms with Crippen LogP contribution in [-0.4, -0.2) is 6.61 Å². The fourth-order valence-electron chi connectivity index (χ4n) is 3.09. The van der Waals surface area contributed by atoms with Crippen LogP contribution in [0.15, 0.2) is 36.4 Å². The maximum absolute atomic E-state index is 13.4. The molecule has 0 saturated heterocycles. The normalized spacial score (nSPS) is 23.0. The Labute approximate surface area is 122 Å². The Hall–Kier alpha value is -2.07. The largest absolute Gasteiger partial charge is 0.493 e. The monoisotopic (exact) mass is 285 g/mol. The van der Waals surface area contributed by atoms with Crippen LogP contribution < -0.4 is 15.2 Å². The SMILES string of the molecule is NC1CC(c2ccc3c(c2)CCO3)Oc2cc(F)ccc21. The molecule has 108 valence electrons. The predicted octanol–water partition coefficient (Wildman–Crippen LogP) is 3.28. The van der Waals surface area contributed by atoms with Crippen molar-refractivity contribution in [2.24, 2.45) is 5.73 Å². The molecule has 2 aromatic carbocycles. The molecule has 2 unspecified atom stereocenters. The van der Waals surface area contributed by atoms with Gasteiger partial charge in [-0.3, -0.25) is 0 Å². The summed E-state index contributed by atoms with van der Waals surface area (Å²) in [4.78, 5) is 0. The molecule has 0 amide bonds. The van der Waals surface area contributed by atoms with Crippen molar-refractivity contribution in [2.75, 3.05) is 6.61 Å². The van der Waals surface area contributed by atoms with Crippen molar-refractivity contribution in [1.82, 2.24) is 0 Å². The molecule has 0 bridgehead atoms. The Bertz CT molecular complexity index is 701. The topological polar surface area (TPSA) is 44.5 Å². The first-order valence-corrected chi connectivity index (χ1v) is 7.18. The van der Waals surface area contributed by atoms with E-state index >= 15 is 0 Å². The second-order valence-electron chi connectivity index (χ2n) is 5.60. The molecular weight excluding hydrogens is 269 g/mol. The zero-order chi connectivity index (χ0) is 14.4. The van der Waals surface area contributed by atoms with Crippen molar-refractivity contribution in [3.05, 3.63) is 58.9 Å². The molecule has 3 nitrogen and oxygen atoms in total. The molecular formula is C17H16FNO2. The fourth-order valence-corrected chi connectivity index (χ4v) is 3.09. The van der Waals surface area contributed by atoms with E-state index in [1.807, 2.05) is 12.1 Å². The van der Waals surface area contributed by atoms with E-state index in [0.29, 0.717) is 12.2 Å². The molecule has 2 aromatic rings. The fraction of sp³-hybridized carbons (Fsp3) is 0.294. The first-order valence-electron chi connectivity index (χ1n) is 7.18.